The van der Waals surface area contributed by atoms with Gasteiger partial charge >= 0.3 is 5.97 Å². The quantitative estimate of drug-likeness (QED) is 0.141. The van der Waals surface area contributed by atoms with Crippen molar-refractivity contribution >= 4 is 23.4 Å². The zero-order chi connectivity index (χ0) is 38.7. The summed E-state index contributed by atoms with van der Waals surface area (Å²) in [6.45, 7) is 9.11. The first kappa shape index (κ1) is 43.9. The van der Waals surface area contributed by atoms with Crippen molar-refractivity contribution in [3.05, 3.63) is 23.3 Å². The molecule has 8 atom stereocenters. The van der Waals surface area contributed by atoms with Crippen LogP contribution in [-0.2, 0) is 33.4 Å². The molecule has 0 spiro atoms. The van der Waals surface area contributed by atoms with E-state index in [2.05, 4.69) is 6.92 Å². The van der Waals surface area contributed by atoms with E-state index in [1.54, 1.807) is 14.0 Å². The molecule has 4 N–H and O–H groups in total. The number of ether oxygens (including phenoxy) is 3. The fourth-order valence-corrected chi connectivity index (χ4v) is 8.07. The summed E-state index contributed by atoms with van der Waals surface area (Å²) in [5.41, 5.74) is 1.72. The van der Waals surface area contributed by atoms with Gasteiger partial charge in [0.05, 0.1) is 24.4 Å². The SMILES string of the molecule is CO[C@@H]1C[C@@H](OC)C[C@@H](C)C/C(C)=C/CC(=O)C[C@H](O)[C@@H](C)[C@@H](/C(C)=C/[C@H]2CC[C@H](O)CC2)OC(=O)[C@@H]2CCCCN2C(=O)C(=O)C(O)(O)[C@H](C)C1. The van der Waals surface area contributed by atoms with Crippen LogP contribution in [0, 0.1) is 23.7 Å². The molecule has 0 aromatic rings. The first-order valence-corrected chi connectivity index (χ1v) is 19.3. The van der Waals surface area contributed by atoms with Crippen LogP contribution in [0.5, 0.6) is 0 Å². The van der Waals surface area contributed by atoms with Crippen molar-refractivity contribution in [1.82, 2.24) is 4.90 Å². The Morgan fingerprint density at radius 3 is 2.17 bits per heavy atom. The second-order valence-corrected chi connectivity index (χ2v) is 16.0. The number of fused-ring (bicyclic) bond motifs is 1. The van der Waals surface area contributed by atoms with Gasteiger partial charge in [-0.1, -0.05) is 38.5 Å². The number of allylic oxidation sites excluding steroid dienone is 3. The Hall–Kier alpha value is -2.48. The average Bonchev–Trinajstić information content (AvgIpc) is 3.11. The molecule has 296 valence electrons. The summed E-state index contributed by atoms with van der Waals surface area (Å²) < 4.78 is 17.5. The van der Waals surface area contributed by atoms with Crippen molar-refractivity contribution in [2.45, 2.75) is 160 Å². The molecule has 0 unspecified atom stereocenters. The normalized spacial score (nSPS) is 37.1. The fourth-order valence-electron chi connectivity index (χ4n) is 8.07. The maximum Gasteiger partial charge on any atom is 0.329 e. The molecule has 0 radical (unpaired) electrons. The molecular formula is C40H65NO11. The smallest absolute Gasteiger partial charge is 0.329 e. The van der Waals surface area contributed by atoms with E-state index >= 15 is 0 Å². The summed E-state index contributed by atoms with van der Waals surface area (Å²) >= 11 is 0. The Labute approximate surface area is 309 Å². The number of hydrogen-bond acceptors (Lipinski definition) is 11. The number of Topliss-reactive ketones (excluding diaryl/α,β-unsaturated/α-hetero) is 2. The molecular weight excluding hydrogens is 670 g/mol. The van der Waals surface area contributed by atoms with E-state index in [1.807, 2.05) is 26.0 Å². The minimum atomic E-state index is -3.02. The summed E-state index contributed by atoms with van der Waals surface area (Å²) in [6, 6.07) is -1.16. The predicted octanol–water partition coefficient (Wildman–Crippen LogP) is 4.20. The van der Waals surface area contributed by atoms with Crippen molar-refractivity contribution in [2.75, 3.05) is 20.8 Å². The molecule has 12 nitrogen and oxygen atoms in total. The molecule has 52 heavy (non-hydrogen) atoms. The average molecular weight is 736 g/mol. The number of piperidine rings is 1. The molecule has 3 aliphatic rings. The number of cyclic esters (lactones) is 1. The summed E-state index contributed by atoms with van der Waals surface area (Å²) in [7, 11) is 3.10. The zero-order valence-corrected chi connectivity index (χ0v) is 32.4. The lowest BCUT2D eigenvalue weighted by Gasteiger charge is -2.38. The zero-order valence-electron chi connectivity index (χ0n) is 32.4. The van der Waals surface area contributed by atoms with Gasteiger partial charge in [0, 0.05) is 45.4 Å². The number of methoxy groups -OCH3 is 2. The van der Waals surface area contributed by atoms with Crippen molar-refractivity contribution in [1.29, 1.82) is 0 Å². The first-order valence-electron chi connectivity index (χ1n) is 19.3. The lowest BCUT2D eigenvalue weighted by atomic mass is 9.83. The topological polar surface area (TPSA) is 180 Å². The van der Waals surface area contributed by atoms with E-state index < -0.39 is 59.6 Å². The van der Waals surface area contributed by atoms with E-state index in [-0.39, 0.29) is 62.1 Å². The lowest BCUT2D eigenvalue weighted by molar-refractivity contribution is -0.208. The monoisotopic (exact) mass is 735 g/mol. The number of carbonyl (C=O) groups is 4. The highest BCUT2D eigenvalue weighted by atomic mass is 16.5. The van der Waals surface area contributed by atoms with Gasteiger partial charge in [-0.3, -0.25) is 14.4 Å². The molecule has 2 heterocycles. The van der Waals surface area contributed by atoms with Gasteiger partial charge in [0.25, 0.3) is 11.7 Å². The standard InChI is InChI=1S/C40H65NO11/c1-24-11-14-31(43)22-35(44)28(5)36(26(3)20-29-12-15-30(42)16-13-29)52-39(47)34-10-8-9-17-41(34)38(46)37(45)40(48,49)27(4)21-33(51-7)23-32(50-6)19-25(2)18-24/h11,20,25,27-30,32-36,42,44,48-49H,8-10,12-19,21-23H2,1-7H3/b24-11+,26-20+/t25-,27+,28+,29-,30-,32-,33-,34-,35-,36+/m0/s1. The minimum absolute atomic E-state index is 0.0483. The molecule has 1 aliphatic carbocycles. The van der Waals surface area contributed by atoms with Gasteiger partial charge in [-0.25, -0.2) is 4.79 Å². The van der Waals surface area contributed by atoms with Crippen LogP contribution in [0.4, 0.5) is 0 Å². The van der Waals surface area contributed by atoms with Crippen LogP contribution >= 0.6 is 0 Å². The molecule has 1 amide bonds. The van der Waals surface area contributed by atoms with Gasteiger partial charge in [0.15, 0.2) is 0 Å². The number of esters is 1. The third-order valence-corrected chi connectivity index (χ3v) is 11.5. The summed E-state index contributed by atoms with van der Waals surface area (Å²) in [6.07, 6.45) is 6.69. The van der Waals surface area contributed by atoms with Crippen molar-refractivity contribution < 1.29 is 53.8 Å². The van der Waals surface area contributed by atoms with Gasteiger partial charge in [-0.05, 0) is 102 Å². The summed E-state index contributed by atoms with van der Waals surface area (Å²) in [5.74, 6) is -8.02. The summed E-state index contributed by atoms with van der Waals surface area (Å²) in [4.78, 5) is 55.5. The highest BCUT2D eigenvalue weighted by molar-refractivity contribution is 6.39. The van der Waals surface area contributed by atoms with Crippen LogP contribution in [0.3, 0.4) is 0 Å². The number of ketones is 2. The number of nitrogens with zero attached hydrogens (tertiary/aromatic N) is 1. The molecule has 12 heteroatoms. The maximum absolute atomic E-state index is 14.0. The molecule has 0 aromatic carbocycles. The Balaban J connectivity index is 1.99. The molecule has 0 bridgehead atoms. The number of hydrogen-bond donors (Lipinski definition) is 4. The maximum atomic E-state index is 14.0. The van der Waals surface area contributed by atoms with Crippen molar-refractivity contribution in [3.63, 3.8) is 0 Å². The molecule has 1 saturated carbocycles. The third kappa shape index (κ3) is 12.3. The minimum Gasteiger partial charge on any atom is -0.456 e. The van der Waals surface area contributed by atoms with Gasteiger partial charge in [-0.2, -0.15) is 0 Å². The van der Waals surface area contributed by atoms with Crippen LogP contribution in [0.25, 0.3) is 0 Å². The number of rotatable bonds is 4. The Morgan fingerprint density at radius 2 is 1.54 bits per heavy atom. The molecule has 2 fully saturated rings. The number of amides is 1. The van der Waals surface area contributed by atoms with Crippen LogP contribution in [0.15, 0.2) is 23.3 Å². The van der Waals surface area contributed by atoms with E-state index in [1.165, 1.54) is 14.0 Å². The van der Waals surface area contributed by atoms with Crippen LogP contribution < -0.4 is 0 Å². The van der Waals surface area contributed by atoms with E-state index in [4.69, 9.17) is 14.2 Å². The van der Waals surface area contributed by atoms with Gasteiger partial charge in [0.1, 0.15) is 17.9 Å². The van der Waals surface area contributed by atoms with Crippen LogP contribution in [-0.4, -0.2) is 112 Å². The second-order valence-electron chi connectivity index (χ2n) is 16.0. The number of aliphatic hydroxyl groups is 4. The highest BCUT2D eigenvalue weighted by Gasteiger charge is 2.48. The Morgan fingerprint density at radius 1 is 0.904 bits per heavy atom. The van der Waals surface area contributed by atoms with E-state index in [0.717, 1.165) is 23.3 Å². The van der Waals surface area contributed by atoms with Crippen molar-refractivity contribution in [2.24, 2.45) is 23.7 Å². The Bertz CT molecular complexity index is 1270. The first-order chi connectivity index (χ1) is 24.5. The second kappa shape index (κ2) is 20.3. The van der Waals surface area contributed by atoms with Gasteiger partial charge in [0.2, 0.25) is 5.79 Å². The summed E-state index contributed by atoms with van der Waals surface area (Å²) in [5, 5.41) is 43.6. The molecule has 3 rings (SSSR count). The largest absolute Gasteiger partial charge is 0.456 e. The Kier molecular flexibility index (Phi) is 17.1. The van der Waals surface area contributed by atoms with Crippen LogP contribution in [0.2, 0.25) is 0 Å². The van der Waals surface area contributed by atoms with Gasteiger partial charge < -0.3 is 39.5 Å². The van der Waals surface area contributed by atoms with E-state index in [9.17, 15) is 39.6 Å². The third-order valence-electron chi connectivity index (χ3n) is 11.5. The predicted molar refractivity (Wildman–Crippen MR) is 195 cm³/mol. The molecule has 2 aliphatic heterocycles. The van der Waals surface area contributed by atoms with Crippen molar-refractivity contribution in [3.8, 4) is 0 Å². The highest BCUT2D eigenvalue weighted by Crippen LogP contribution is 2.32. The molecule has 0 aromatic heterocycles. The fraction of sp³-hybridized carbons (Fsp3) is 0.800. The van der Waals surface area contributed by atoms with Crippen LogP contribution in [0.1, 0.15) is 118 Å². The molecule has 1 saturated heterocycles. The number of carbonyl (C=O) groups excluding carboxylic acids is 4. The van der Waals surface area contributed by atoms with E-state index in [0.29, 0.717) is 50.5 Å². The lowest BCUT2D eigenvalue weighted by Crippen LogP contribution is -2.58. The van der Waals surface area contributed by atoms with Gasteiger partial charge in [-0.15, -0.1) is 0 Å². The number of aliphatic hydroxyl groups excluding tert-OH is 2.